The molecule has 0 bridgehead atoms. The van der Waals surface area contributed by atoms with Gasteiger partial charge in [0.25, 0.3) is 5.91 Å². The number of fused-ring (bicyclic) bond motifs is 1. The Labute approximate surface area is 164 Å². The van der Waals surface area contributed by atoms with Gasteiger partial charge in [-0.25, -0.2) is 8.42 Å². The summed E-state index contributed by atoms with van der Waals surface area (Å²) in [6, 6.07) is 13.0. The fourth-order valence-corrected chi connectivity index (χ4v) is 3.89. The van der Waals surface area contributed by atoms with E-state index < -0.39 is 10.0 Å². The number of carbonyl (C=O) groups is 1. The Hall–Kier alpha value is -3.08. The molecule has 2 N–H and O–H groups in total. The van der Waals surface area contributed by atoms with Gasteiger partial charge in [-0.1, -0.05) is 24.1 Å². The van der Waals surface area contributed by atoms with Crippen LogP contribution in [-0.2, 0) is 10.0 Å². The molecule has 0 spiro atoms. The minimum absolute atomic E-state index is 0.0421. The van der Waals surface area contributed by atoms with E-state index >= 15 is 0 Å². The molecule has 0 saturated carbocycles. The number of hydrogen-bond acceptors (Lipinski definition) is 4. The number of furan rings is 1. The number of sulfonamides is 1. The van der Waals surface area contributed by atoms with Crippen molar-refractivity contribution in [2.75, 3.05) is 6.54 Å². The minimum Gasteiger partial charge on any atom is -0.459 e. The third kappa shape index (κ3) is 3.93. The lowest BCUT2D eigenvalue weighted by Crippen LogP contribution is -2.27. The van der Waals surface area contributed by atoms with Gasteiger partial charge in [0.05, 0.1) is 17.5 Å². The van der Waals surface area contributed by atoms with E-state index in [4.69, 9.17) is 10.8 Å². The van der Waals surface area contributed by atoms with Crippen LogP contribution in [0.15, 0.2) is 57.8 Å². The number of terminal acetylenes is 1. The van der Waals surface area contributed by atoms with Crippen molar-refractivity contribution in [1.29, 1.82) is 0 Å². The second-order valence-electron chi connectivity index (χ2n) is 6.34. The van der Waals surface area contributed by atoms with Gasteiger partial charge < -0.3 is 9.73 Å². The van der Waals surface area contributed by atoms with E-state index in [0.29, 0.717) is 11.3 Å². The van der Waals surface area contributed by atoms with Crippen LogP contribution in [0.4, 0.5) is 0 Å². The Balaban J connectivity index is 1.75. The van der Waals surface area contributed by atoms with Crippen molar-refractivity contribution in [3.63, 3.8) is 0 Å². The predicted molar refractivity (Wildman–Crippen MR) is 107 cm³/mol. The summed E-state index contributed by atoms with van der Waals surface area (Å²) in [6.07, 6.45) is 5.07. The van der Waals surface area contributed by atoms with Crippen molar-refractivity contribution in [2.45, 2.75) is 24.8 Å². The zero-order chi connectivity index (χ0) is 20.3. The van der Waals surface area contributed by atoms with Gasteiger partial charge in [0.1, 0.15) is 11.3 Å². The lowest BCUT2D eigenvalue weighted by atomic mass is 10.1. The summed E-state index contributed by atoms with van der Waals surface area (Å²) >= 11 is 0. The van der Waals surface area contributed by atoms with E-state index in [0.717, 1.165) is 16.5 Å². The van der Waals surface area contributed by atoms with E-state index in [9.17, 15) is 13.2 Å². The maximum atomic E-state index is 12.5. The third-order valence-corrected chi connectivity index (χ3v) is 5.83. The second-order valence-corrected chi connectivity index (χ2v) is 8.10. The van der Waals surface area contributed by atoms with Crippen molar-refractivity contribution in [1.82, 2.24) is 10.0 Å². The monoisotopic (exact) mass is 396 g/mol. The molecular weight excluding hydrogens is 376 g/mol. The quantitative estimate of drug-likeness (QED) is 0.627. The van der Waals surface area contributed by atoms with E-state index in [-0.39, 0.29) is 23.4 Å². The molecule has 0 radical (unpaired) electrons. The number of carbonyl (C=O) groups excluding carboxylic acids is 1. The van der Waals surface area contributed by atoms with Crippen LogP contribution in [-0.4, -0.2) is 20.9 Å². The maximum Gasteiger partial charge on any atom is 0.251 e. The van der Waals surface area contributed by atoms with Crippen molar-refractivity contribution in [2.24, 2.45) is 0 Å². The minimum atomic E-state index is -3.69. The van der Waals surface area contributed by atoms with Crippen LogP contribution in [0.3, 0.4) is 0 Å². The molecule has 1 aromatic heterocycles. The zero-order valence-corrected chi connectivity index (χ0v) is 16.3. The molecule has 28 heavy (non-hydrogen) atoms. The molecule has 0 fully saturated rings. The SMILES string of the molecule is C#CCNS(=O)(=O)c1ccc(C(=O)NC(C)c2oc3ccccc3c2C)cc1. The molecule has 0 aliphatic rings. The first-order valence-electron chi connectivity index (χ1n) is 8.65. The van der Waals surface area contributed by atoms with Gasteiger partial charge in [-0.3, -0.25) is 4.79 Å². The highest BCUT2D eigenvalue weighted by molar-refractivity contribution is 7.89. The van der Waals surface area contributed by atoms with Crippen molar-refractivity contribution >= 4 is 26.9 Å². The van der Waals surface area contributed by atoms with Crippen LogP contribution in [0.25, 0.3) is 11.0 Å². The molecule has 3 rings (SSSR count). The van der Waals surface area contributed by atoms with Gasteiger partial charge in [-0.15, -0.1) is 6.42 Å². The summed E-state index contributed by atoms with van der Waals surface area (Å²) in [5.74, 6) is 2.57. The molecule has 0 saturated heterocycles. The molecule has 144 valence electrons. The highest BCUT2D eigenvalue weighted by Crippen LogP contribution is 2.29. The molecule has 1 unspecified atom stereocenters. The van der Waals surface area contributed by atoms with Crippen LogP contribution in [0.5, 0.6) is 0 Å². The molecule has 7 heteroatoms. The van der Waals surface area contributed by atoms with Crippen LogP contribution in [0.2, 0.25) is 0 Å². The topological polar surface area (TPSA) is 88.4 Å². The fourth-order valence-electron chi connectivity index (χ4n) is 2.96. The highest BCUT2D eigenvalue weighted by atomic mass is 32.2. The first-order chi connectivity index (χ1) is 13.3. The fraction of sp³-hybridized carbons (Fsp3) is 0.190. The summed E-state index contributed by atoms with van der Waals surface area (Å²) in [5, 5.41) is 3.89. The lowest BCUT2D eigenvalue weighted by Gasteiger charge is -2.13. The smallest absolute Gasteiger partial charge is 0.251 e. The molecule has 1 heterocycles. The first kappa shape index (κ1) is 19.7. The van der Waals surface area contributed by atoms with Gasteiger partial charge in [0, 0.05) is 16.5 Å². The number of benzene rings is 2. The van der Waals surface area contributed by atoms with Gasteiger partial charge in [0.2, 0.25) is 10.0 Å². The molecule has 6 nitrogen and oxygen atoms in total. The summed E-state index contributed by atoms with van der Waals surface area (Å²) in [4.78, 5) is 12.6. The number of aryl methyl sites for hydroxylation is 1. The molecule has 2 aromatic carbocycles. The van der Waals surface area contributed by atoms with E-state index in [1.807, 2.05) is 38.1 Å². The number of para-hydroxylation sites is 1. The Bertz CT molecular complexity index is 1160. The Morgan fingerprint density at radius 1 is 1.18 bits per heavy atom. The lowest BCUT2D eigenvalue weighted by molar-refractivity contribution is 0.0935. The van der Waals surface area contributed by atoms with Gasteiger partial charge >= 0.3 is 0 Å². The number of rotatable bonds is 6. The molecular formula is C21H20N2O4S. The largest absolute Gasteiger partial charge is 0.459 e. The standard InChI is InChI=1S/C21H20N2O4S/c1-4-13-22-28(25,26)17-11-9-16(10-12-17)21(24)23-15(3)20-14(2)18-7-5-6-8-19(18)27-20/h1,5-12,15,22H,13H2,2-3H3,(H,23,24). The van der Waals surface area contributed by atoms with Crippen molar-refractivity contribution in [3.8, 4) is 12.3 Å². The predicted octanol–water partition coefficient (Wildman–Crippen LogP) is 3.14. The second kappa shape index (κ2) is 7.89. The molecule has 0 aliphatic carbocycles. The van der Waals surface area contributed by atoms with Crippen molar-refractivity contribution < 1.29 is 17.6 Å². The maximum absolute atomic E-state index is 12.5. The van der Waals surface area contributed by atoms with Gasteiger partial charge in [-0.2, -0.15) is 4.72 Å². The molecule has 3 aromatic rings. The number of nitrogens with one attached hydrogen (secondary N) is 2. The Morgan fingerprint density at radius 2 is 1.86 bits per heavy atom. The Morgan fingerprint density at radius 3 is 2.50 bits per heavy atom. The average molecular weight is 396 g/mol. The normalized spacial score (nSPS) is 12.5. The number of hydrogen-bond donors (Lipinski definition) is 2. The highest BCUT2D eigenvalue weighted by Gasteiger charge is 2.19. The van der Waals surface area contributed by atoms with Crippen LogP contribution >= 0.6 is 0 Å². The van der Waals surface area contributed by atoms with E-state index in [1.165, 1.54) is 24.3 Å². The molecule has 1 amide bonds. The molecule has 1 atom stereocenters. The van der Waals surface area contributed by atoms with E-state index in [1.54, 1.807) is 0 Å². The molecule has 0 aliphatic heterocycles. The van der Waals surface area contributed by atoms with Crippen LogP contribution < -0.4 is 10.0 Å². The number of amides is 1. The first-order valence-corrected chi connectivity index (χ1v) is 10.1. The van der Waals surface area contributed by atoms with Crippen LogP contribution in [0.1, 0.15) is 34.6 Å². The van der Waals surface area contributed by atoms with Gasteiger partial charge in [0.15, 0.2) is 0 Å². The van der Waals surface area contributed by atoms with Crippen molar-refractivity contribution in [3.05, 3.63) is 65.4 Å². The Kier molecular flexibility index (Phi) is 5.54. The summed E-state index contributed by atoms with van der Waals surface area (Å²) in [7, 11) is -3.69. The van der Waals surface area contributed by atoms with E-state index in [2.05, 4.69) is 16.0 Å². The average Bonchev–Trinajstić information content (AvgIpc) is 3.03. The van der Waals surface area contributed by atoms with Gasteiger partial charge in [-0.05, 0) is 44.2 Å². The summed E-state index contributed by atoms with van der Waals surface area (Å²) in [5.41, 5.74) is 2.09. The third-order valence-electron chi connectivity index (χ3n) is 4.41. The van der Waals surface area contributed by atoms with Crippen LogP contribution in [0, 0.1) is 19.3 Å². The summed E-state index contributed by atoms with van der Waals surface area (Å²) in [6.45, 7) is 3.69. The summed E-state index contributed by atoms with van der Waals surface area (Å²) < 4.78 is 32.2. The zero-order valence-electron chi connectivity index (χ0n) is 15.5.